The van der Waals surface area contributed by atoms with Crippen LogP contribution in [0.1, 0.15) is 5.56 Å². The molecule has 1 rings (SSSR count). The van der Waals surface area contributed by atoms with Crippen LogP contribution in [0.5, 0.6) is 5.75 Å². The fraction of sp³-hybridized carbons (Fsp3) is 0.417. The number of amides is 1. The molecule has 1 aromatic carbocycles. The Kier molecular flexibility index (Phi) is 6.17. The third-order valence-corrected chi connectivity index (χ3v) is 2.23. The minimum atomic E-state index is -0.871. The van der Waals surface area contributed by atoms with E-state index in [-0.39, 0.29) is 0 Å². The van der Waals surface area contributed by atoms with E-state index in [0.29, 0.717) is 25.3 Å². The van der Waals surface area contributed by atoms with Crippen molar-refractivity contribution in [1.29, 1.82) is 0 Å². The van der Waals surface area contributed by atoms with E-state index in [4.69, 9.17) is 10.5 Å². The molecule has 0 heterocycles. The molecular formula is C12H16F2N2O3. The topological polar surface area (TPSA) is 73.6 Å². The Morgan fingerprint density at radius 2 is 2.00 bits per heavy atom. The van der Waals surface area contributed by atoms with Crippen molar-refractivity contribution >= 4 is 5.91 Å². The van der Waals surface area contributed by atoms with Crippen molar-refractivity contribution in [3.05, 3.63) is 29.3 Å². The van der Waals surface area contributed by atoms with Crippen molar-refractivity contribution in [1.82, 2.24) is 5.32 Å². The Labute approximate surface area is 109 Å². The largest absolute Gasteiger partial charge is 0.478 e. The van der Waals surface area contributed by atoms with Crippen molar-refractivity contribution in [3.63, 3.8) is 0 Å². The molecule has 0 bridgehead atoms. The molecule has 106 valence electrons. The first-order valence-corrected chi connectivity index (χ1v) is 5.63. The van der Waals surface area contributed by atoms with Crippen LogP contribution >= 0.6 is 0 Å². The minimum Gasteiger partial charge on any atom is -0.478 e. The first-order valence-electron chi connectivity index (χ1n) is 5.63. The van der Waals surface area contributed by atoms with Gasteiger partial charge >= 0.3 is 0 Å². The molecule has 3 N–H and O–H groups in total. The van der Waals surface area contributed by atoms with Crippen LogP contribution in [-0.2, 0) is 16.1 Å². The van der Waals surface area contributed by atoms with Crippen LogP contribution in [-0.4, -0.2) is 32.8 Å². The highest BCUT2D eigenvalue weighted by molar-refractivity contribution is 5.75. The number of hydrogen-bond donors (Lipinski definition) is 2. The van der Waals surface area contributed by atoms with Gasteiger partial charge in [-0.05, 0) is 17.7 Å². The lowest BCUT2D eigenvalue weighted by Crippen LogP contribution is -2.21. The highest BCUT2D eigenvalue weighted by Crippen LogP contribution is 2.23. The van der Waals surface area contributed by atoms with Gasteiger partial charge in [0.2, 0.25) is 0 Å². The quantitative estimate of drug-likeness (QED) is 0.680. The Balaban J connectivity index is 2.65. The Bertz CT molecular complexity index is 418. The summed E-state index contributed by atoms with van der Waals surface area (Å²) >= 11 is 0. The van der Waals surface area contributed by atoms with Gasteiger partial charge in [0.15, 0.2) is 24.0 Å². The molecule has 0 saturated heterocycles. The number of ether oxygens (including phenoxy) is 2. The van der Waals surface area contributed by atoms with E-state index in [1.54, 1.807) is 7.11 Å². The SMILES string of the molecule is COCCNCc1cc(F)c(OCC(N)=O)c(F)c1. The zero-order valence-electron chi connectivity index (χ0n) is 10.5. The first-order chi connectivity index (χ1) is 9.04. The second-order valence-electron chi connectivity index (χ2n) is 3.81. The molecule has 0 unspecified atom stereocenters. The summed E-state index contributed by atoms with van der Waals surface area (Å²) in [7, 11) is 1.56. The van der Waals surface area contributed by atoms with E-state index in [9.17, 15) is 13.6 Å². The van der Waals surface area contributed by atoms with Crippen LogP contribution in [0.15, 0.2) is 12.1 Å². The molecule has 0 aliphatic heterocycles. The maximum absolute atomic E-state index is 13.6. The number of halogens is 2. The van der Waals surface area contributed by atoms with Gasteiger partial charge in [-0.15, -0.1) is 0 Å². The van der Waals surface area contributed by atoms with Gasteiger partial charge in [0, 0.05) is 20.2 Å². The van der Waals surface area contributed by atoms with Crippen molar-refractivity contribution in [2.24, 2.45) is 5.73 Å². The average molecular weight is 274 g/mol. The number of primary amides is 1. The molecule has 0 atom stereocenters. The number of carbonyl (C=O) groups excluding carboxylic acids is 1. The predicted molar refractivity (Wildman–Crippen MR) is 64.6 cm³/mol. The van der Waals surface area contributed by atoms with Gasteiger partial charge < -0.3 is 20.5 Å². The first kappa shape index (κ1) is 15.3. The molecule has 0 spiro atoms. The van der Waals surface area contributed by atoms with Gasteiger partial charge in [0.1, 0.15) is 0 Å². The van der Waals surface area contributed by atoms with E-state index >= 15 is 0 Å². The van der Waals surface area contributed by atoms with Gasteiger partial charge in [0.05, 0.1) is 6.61 Å². The van der Waals surface area contributed by atoms with Gasteiger partial charge in [-0.2, -0.15) is 0 Å². The standard InChI is InChI=1S/C12H16F2N2O3/c1-18-3-2-16-6-8-4-9(13)12(10(14)5-8)19-7-11(15)17/h4-5,16H,2-3,6-7H2,1H3,(H2,15,17). The average Bonchev–Trinajstić information content (AvgIpc) is 2.33. The van der Waals surface area contributed by atoms with Crippen molar-refractivity contribution in [3.8, 4) is 5.75 Å². The summed E-state index contributed by atoms with van der Waals surface area (Å²) in [4.78, 5) is 10.5. The third-order valence-electron chi connectivity index (χ3n) is 2.23. The van der Waals surface area contributed by atoms with Crippen LogP contribution in [0, 0.1) is 11.6 Å². The predicted octanol–water partition coefficient (Wildman–Crippen LogP) is 0.565. The Morgan fingerprint density at radius 1 is 1.37 bits per heavy atom. The van der Waals surface area contributed by atoms with E-state index in [1.807, 2.05) is 0 Å². The lowest BCUT2D eigenvalue weighted by molar-refractivity contribution is -0.120. The summed E-state index contributed by atoms with van der Waals surface area (Å²) in [6.07, 6.45) is 0. The molecular weight excluding hydrogens is 258 g/mol. The summed E-state index contributed by atoms with van der Waals surface area (Å²) in [6, 6.07) is 2.28. The van der Waals surface area contributed by atoms with Gasteiger partial charge in [-0.1, -0.05) is 0 Å². The summed E-state index contributed by atoms with van der Waals surface area (Å²) in [5, 5.41) is 2.95. The maximum Gasteiger partial charge on any atom is 0.255 e. The summed E-state index contributed by atoms with van der Waals surface area (Å²) in [6.45, 7) is 0.803. The molecule has 0 aliphatic carbocycles. The smallest absolute Gasteiger partial charge is 0.255 e. The molecule has 0 aromatic heterocycles. The lowest BCUT2D eigenvalue weighted by Gasteiger charge is -2.09. The van der Waals surface area contributed by atoms with E-state index in [1.165, 1.54) is 0 Å². The Morgan fingerprint density at radius 3 is 2.53 bits per heavy atom. The minimum absolute atomic E-state index is 0.299. The Hall–Kier alpha value is -1.73. The van der Waals surface area contributed by atoms with Crippen LogP contribution in [0.25, 0.3) is 0 Å². The van der Waals surface area contributed by atoms with Crippen LogP contribution < -0.4 is 15.8 Å². The monoisotopic (exact) mass is 274 g/mol. The van der Waals surface area contributed by atoms with Crippen molar-refractivity contribution in [2.75, 3.05) is 26.9 Å². The summed E-state index contributed by atoms with van der Waals surface area (Å²) in [5.41, 5.74) is 5.26. The molecule has 0 saturated carbocycles. The maximum atomic E-state index is 13.6. The second-order valence-corrected chi connectivity index (χ2v) is 3.81. The number of hydrogen-bond acceptors (Lipinski definition) is 4. The zero-order valence-corrected chi connectivity index (χ0v) is 10.5. The fourth-order valence-corrected chi connectivity index (χ4v) is 1.40. The van der Waals surface area contributed by atoms with Crippen LogP contribution in [0.3, 0.4) is 0 Å². The number of methoxy groups -OCH3 is 1. The lowest BCUT2D eigenvalue weighted by atomic mass is 10.2. The fourth-order valence-electron chi connectivity index (χ4n) is 1.40. The van der Waals surface area contributed by atoms with E-state index < -0.39 is 29.9 Å². The van der Waals surface area contributed by atoms with Gasteiger partial charge in [-0.25, -0.2) is 8.78 Å². The normalized spacial score (nSPS) is 10.5. The number of nitrogens with two attached hydrogens (primary N) is 1. The zero-order chi connectivity index (χ0) is 14.3. The van der Waals surface area contributed by atoms with E-state index in [0.717, 1.165) is 12.1 Å². The van der Waals surface area contributed by atoms with Gasteiger partial charge in [0.25, 0.3) is 5.91 Å². The van der Waals surface area contributed by atoms with Crippen molar-refractivity contribution in [2.45, 2.75) is 6.54 Å². The van der Waals surface area contributed by atoms with Crippen molar-refractivity contribution < 1.29 is 23.0 Å². The number of carbonyl (C=O) groups is 1. The highest BCUT2D eigenvalue weighted by Gasteiger charge is 2.13. The summed E-state index contributed by atoms with van der Waals surface area (Å²) in [5.74, 6) is -3.14. The highest BCUT2D eigenvalue weighted by atomic mass is 19.1. The molecule has 0 aliphatic rings. The molecule has 19 heavy (non-hydrogen) atoms. The van der Waals surface area contributed by atoms with Crippen LogP contribution in [0.2, 0.25) is 0 Å². The molecule has 5 nitrogen and oxygen atoms in total. The van der Waals surface area contributed by atoms with E-state index in [2.05, 4.69) is 10.1 Å². The number of rotatable bonds is 8. The molecule has 1 aromatic rings. The number of benzene rings is 1. The molecule has 0 radical (unpaired) electrons. The second kappa shape index (κ2) is 7.65. The molecule has 7 heteroatoms. The molecule has 0 fully saturated rings. The number of nitrogens with one attached hydrogen (secondary N) is 1. The molecule has 1 amide bonds. The van der Waals surface area contributed by atoms with Gasteiger partial charge in [-0.3, -0.25) is 4.79 Å². The third kappa shape index (κ3) is 5.19. The van der Waals surface area contributed by atoms with Crippen LogP contribution in [0.4, 0.5) is 8.78 Å². The summed E-state index contributed by atoms with van der Waals surface area (Å²) < 4.78 is 36.6.